The molecular weight excluding hydrogens is 306 g/mol. The maximum atomic E-state index is 12.6. The van der Waals surface area contributed by atoms with Gasteiger partial charge in [0.15, 0.2) is 11.5 Å². The quantitative estimate of drug-likeness (QED) is 0.837. The van der Waals surface area contributed by atoms with Crippen molar-refractivity contribution in [3.8, 4) is 11.5 Å². The number of carbonyl (C=O) groups is 1. The fourth-order valence-electron chi connectivity index (χ4n) is 3.22. The number of methoxy groups -OCH3 is 2. The van der Waals surface area contributed by atoms with Crippen molar-refractivity contribution < 1.29 is 14.3 Å². The highest BCUT2D eigenvalue weighted by atomic mass is 16.5. The topological polar surface area (TPSA) is 76.8 Å². The van der Waals surface area contributed by atoms with Crippen LogP contribution in [-0.2, 0) is 6.42 Å². The predicted octanol–water partition coefficient (Wildman–Crippen LogP) is 2.46. The number of nitrogens with two attached hydrogens (primary N) is 1. The first-order valence-electron chi connectivity index (χ1n) is 8.62. The third kappa shape index (κ3) is 3.59. The SMILES string of the molecule is CCCNC(=O)N1CCc2cc(OC)c(OC)cc2[C@@H]1[C@@H](N)CC. The average molecular weight is 335 g/mol. The molecule has 134 valence electrons. The van der Waals surface area contributed by atoms with Crippen LogP contribution in [0.25, 0.3) is 0 Å². The smallest absolute Gasteiger partial charge is 0.317 e. The van der Waals surface area contributed by atoms with Crippen molar-refractivity contribution >= 4 is 6.03 Å². The van der Waals surface area contributed by atoms with E-state index in [9.17, 15) is 4.79 Å². The molecule has 0 saturated heterocycles. The Morgan fingerprint density at radius 3 is 2.58 bits per heavy atom. The number of rotatable bonds is 6. The summed E-state index contributed by atoms with van der Waals surface area (Å²) in [5, 5.41) is 2.97. The first kappa shape index (κ1) is 18.4. The zero-order valence-corrected chi connectivity index (χ0v) is 15.1. The minimum atomic E-state index is -0.157. The van der Waals surface area contributed by atoms with Gasteiger partial charge in [0.25, 0.3) is 0 Å². The van der Waals surface area contributed by atoms with Gasteiger partial charge in [0.2, 0.25) is 0 Å². The van der Waals surface area contributed by atoms with Crippen LogP contribution in [0.1, 0.15) is 43.9 Å². The van der Waals surface area contributed by atoms with Gasteiger partial charge in [-0.15, -0.1) is 0 Å². The fraction of sp³-hybridized carbons (Fsp3) is 0.611. The van der Waals surface area contributed by atoms with Crippen LogP contribution < -0.4 is 20.5 Å². The van der Waals surface area contributed by atoms with E-state index in [0.717, 1.165) is 24.8 Å². The molecule has 6 heteroatoms. The van der Waals surface area contributed by atoms with Crippen LogP contribution >= 0.6 is 0 Å². The molecule has 2 amide bonds. The monoisotopic (exact) mass is 335 g/mol. The number of ether oxygens (including phenoxy) is 2. The second-order valence-electron chi connectivity index (χ2n) is 6.10. The molecule has 1 aromatic rings. The number of amides is 2. The maximum Gasteiger partial charge on any atom is 0.317 e. The van der Waals surface area contributed by atoms with Gasteiger partial charge in [0, 0.05) is 19.1 Å². The average Bonchev–Trinajstić information content (AvgIpc) is 2.62. The summed E-state index contributed by atoms with van der Waals surface area (Å²) in [6, 6.07) is 3.63. The van der Waals surface area contributed by atoms with E-state index in [1.807, 2.05) is 30.9 Å². The Balaban J connectivity index is 2.42. The molecule has 0 fully saturated rings. The van der Waals surface area contributed by atoms with E-state index < -0.39 is 0 Å². The summed E-state index contributed by atoms with van der Waals surface area (Å²) >= 11 is 0. The van der Waals surface area contributed by atoms with Gasteiger partial charge >= 0.3 is 6.03 Å². The van der Waals surface area contributed by atoms with Crippen LogP contribution in [0.5, 0.6) is 11.5 Å². The number of carbonyl (C=O) groups excluding carboxylic acids is 1. The summed E-state index contributed by atoms with van der Waals surface area (Å²) in [6.45, 7) is 5.40. The molecule has 0 aliphatic carbocycles. The van der Waals surface area contributed by atoms with Gasteiger partial charge in [-0.3, -0.25) is 0 Å². The van der Waals surface area contributed by atoms with Gasteiger partial charge < -0.3 is 25.4 Å². The van der Waals surface area contributed by atoms with Gasteiger partial charge in [-0.2, -0.15) is 0 Å². The summed E-state index contributed by atoms with van der Waals surface area (Å²) in [6.07, 6.45) is 2.48. The normalized spacial score (nSPS) is 17.9. The van der Waals surface area contributed by atoms with E-state index >= 15 is 0 Å². The van der Waals surface area contributed by atoms with Crippen molar-refractivity contribution in [2.45, 2.75) is 45.2 Å². The number of urea groups is 1. The summed E-state index contributed by atoms with van der Waals surface area (Å²) in [4.78, 5) is 14.4. The Hall–Kier alpha value is -1.95. The van der Waals surface area contributed by atoms with E-state index in [0.29, 0.717) is 24.6 Å². The van der Waals surface area contributed by atoms with Crippen molar-refractivity contribution in [3.05, 3.63) is 23.3 Å². The highest BCUT2D eigenvalue weighted by molar-refractivity contribution is 5.75. The number of fused-ring (bicyclic) bond motifs is 1. The predicted molar refractivity (Wildman–Crippen MR) is 94.7 cm³/mol. The maximum absolute atomic E-state index is 12.6. The number of nitrogens with zero attached hydrogens (tertiary/aromatic N) is 1. The lowest BCUT2D eigenvalue weighted by atomic mass is 9.87. The lowest BCUT2D eigenvalue weighted by Crippen LogP contribution is -2.51. The molecule has 1 heterocycles. The number of hydrogen-bond donors (Lipinski definition) is 2. The molecular formula is C18H29N3O3. The lowest BCUT2D eigenvalue weighted by molar-refractivity contribution is 0.156. The van der Waals surface area contributed by atoms with Gasteiger partial charge in [-0.1, -0.05) is 13.8 Å². The molecule has 24 heavy (non-hydrogen) atoms. The lowest BCUT2D eigenvalue weighted by Gasteiger charge is -2.40. The van der Waals surface area contributed by atoms with Crippen molar-refractivity contribution in [1.29, 1.82) is 0 Å². The molecule has 3 N–H and O–H groups in total. The first-order chi connectivity index (χ1) is 11.6. The second-order valence-corrected chi connectivity index (χ2v) is 6.10. The van der Waals surface area contributed by atoms with E-state index in [-0.39, 0.29) is 18.1 Å². The van der Waals surface area contributed by atoms with Crippen LogP contribution in [0, 0.1) is 0 Å². The Labute approximate surface area is 144 Å². The Bertz CT molecular complexity index is 577. The third-order valence-electron chi connectivity index (χ3n) is 4.59. The molecule has 0 spiro atoms. The second kappa shape index (κ2) is 8.24. The molecule has 2 atom stereocenters. The molecule has 0 unspecified atom stereocenters. The molecule has 0 aromatic heterocycles. The minimum Gasteiger partial charge on any atom is -0.493 e. The van der Waals surface area contributed by atoms with E-state index in [1.54, 1.807) is 14.2 Å². The molecule has 2 rings (SSSR count). The first-order valence-corrected chi connectivity index (χ1v) is 8.62. The van der Waals surface area contributed by atoms with Gasteiger partial charge in [-0.05, 0) is 42.5 Å². The number of nitrogens with one attached hydrogen (secondary N) is 1. The number of hydrogen-bond acceptors (Lipinski definition) is 4. The summed E-state index contributed by atoms with van der Waals surface area (Å²) in [5.74, 6) is 1.38. The van der Waals surface area contributed by atoms with Crippen molar-refractivity contribution in [3.63, 3.8) is 0 Å². The summed E-state index contributed by atoms with van der Waals surface area (Å²) in [5.41, 5.74) is 8.61. The van der Waals surface area contributed by atoms with Crippen molar-refractivity contribution in [2.24, 2.45) is 5.73 Å². The van der Waals surface area contributed by atoms with Crippen LogP contribution in [0.2, 0.25) is 0 Å². The summed E-state index contributed by atoms with van der Waals surface area (Å²) < 4.78 is 10.8. The van der Waals surface area contributed by atoms with Crippen molar-refractivity contribution in [1.82, 2.24) is 10.2 Å². The van der Waals surface area contributed by atoms with Gasteiger partial charge in [-0.25, -0.2) is 4.79 Å². The minimum absolute atomic E-state index is 0.0498. The zero-order valence-electron chi connectivity index (χ0n) is 15.1. The molecule has 0 saturated carbocycles. The molecule has 1 aliphatic heterocycles. The number of benzene rings is 1. The molecule has 6 nitrogen and oxygen atoms in total. The molecule has 0 radical (unpaired) electrons. The molecule has 1 aliphatic rings. The largest absolute Gasteiger partial charge is 0.493 e. The van der Waals surface area contributed by atoms with E-state index in [2.05, 4.69) is 5.32 Å². The van der Waals surface area contributed by atoms with E-state index in [4.69, 9.17) is 15.2 Å². The highest BCUT2D eigenvalue weighted by Crippen LogP contribution is 2.39. The van der Waals surface area contributed by atoms with Crippen LogP contribution in [0.4, 0.5) is 4.79 Å². The molecule has 0 bridgehead atoms. The van der Waals surface area contributed by atoms with Crippen LogP contribution in [0.3, 0.4) is 0 Å². The van der Waals surface area contributed by atoms with Gasteiger partial charge in [0.05, 0.1) is 20.3 Å². The Kier molecular flexibility index (Phi) is 6.31. The Morgan fingerprint density at radius 2 is 2.00 bits per heavy atom. The summed E-state index contributed by atoms with van der Waals surface area (Å²) in [7, 11) is 3.25. The fourth-order valence-corrected chi connectivity index (χ4v) is 3.22. The Morgan fingerprint density at radius 1 is 1.33 bits per heavy atom. The third-order valence-corrected chi connectivity index (χ3v) is 4.59. The van der Waals surface area contributed by atoms with Gasteiger partial charge in [0.1, 0.15) is 0 Å². The zero-order chi connectivity index (χ0) is 17.7. The van der Waals surface area contributed by atoms with Crippen molar-refractivity contribution in [2.75, 3.05) is 27.3 Å². The molecule has 1 aromatic carbocycles. The van der Waals surface area contributed by atoms with Crippen LogP contribution in [0.15, 0.2) is 12.1 Å². The van der Waals surface area contributed by atoms with E-state index in [1.165, 1.54) is 5.56 Å². The standard InChI is InChI=1S/C18H29N3O3/c1-5-8-20-18(22)21-9-7-12-10-15(23-3)16(24-4)11-13(12)17(21)14(19)6-2/h10-11,14,17H,5-9,19H2,1-4H3,(H,20,22)/t14-,17+/m0/s1. The highest BCUT2D eigenvalue weighted by Gasteiger charge is 2.35. The van der Waals surface area contributed by atoms with Crippen LogP contribution in [-0.4, -0.2) is 44.3 Å².